The topological polar surface area (TPSA) is 35.9 Å². The molecule has 0 aliphatic carbocycles. The highest BCUT2D eigenvalue weighted by atomic mass is 35.5. The third-order valence-electron chi connectivity index (χ3n) is 3.51. The van der Waals surface area contributed by atoms with Crippen molar-refractivity contribution in [3.05, 3.63) is 29.3 Å². The van der Waals surface area contributed by atoms with Crippen LogP contribution >= 0.6 is 11.6 Å². The monoisotopic (exact) mass is 308 g/mol. The molecule has 0 spiro atoms. The van der Waals surface area contributed by atoms with Gasteiger partial charge < -0.3 is 14.7 Å². The van der Waals surface area contributed by atoms with E-state index in [1.807, 2.05) is 18.2 Å². The second kappa shape index (κ2) is 8.26. The molecule has 4 nitrogen and oxygen atoms in total. The molecular weight excluding hydrogens is 288 g/mol. The van der Waals surface area contributed by atoms with Crippen LogP contribution in [0, 0.1) is 12.3 Å². The average Bonchev–Trinajstić information content (AvgIpc) is 2.48. The van der Waals surface area contributed by atoms with Crippen molar-refractivity contribution in [2.45, 2.75) is 6.10 Å². The van der Waals surface area contributed by atoms with E-state index in [4.69, 9.17) is 22.8 Å². The van der Waals surface area contributed by atoms with Crippen LogP contribution < -0.4 is 4.90 Å². The maximum atomic E-state index is 9.88. The van der Waals surface area contributed by atoms with Crippen molar-refractivity contribution in [3.8, 4) is 12.3 Å². The van der Waals surface area contributed by atoms with Gasteiger partial charge in [0, 0.05) is 43.4 Å². The zero-order valence-corrected chi connectivity index (χ0v) is 12.8. The first-order valence-corrected chi connectivity index (χ1v) is 7.49. The van der Waals surface area contributed by atoms with E-state index < -0.39 is 6.10 Å². The molecule has 1 aromatic rings. The number of aliphatic hydroxyl groups excluding tert-OH is 1. The Hall–Kier alpha value is -1.25. The summed E-state index contributed by atoms with van der Waals surface area (Å²) in [6.07, 6.45) is 4.61. The molecule has 21 heavy (non-hydrogen) atoms. The first kappa shape index (κ1) is 16.1. The van der Waals surface area contributed by atoms with Gasteiger partial charge in [0.2, 0.25) is 0 Å². The van der Waals surface area contributed by atoms with E-state index >= 15 is 0 Å². The minimum absolute atomic E-state index is 0.250. The van der Waals surface area contributed by atoms with Gasteiger partial charge in [0.15, 0.2) is 0 Å². The van der Waals surface area contributed by atoms with Crippen LogP contribution in [-0.2, 0) is 4.74 Å². The van der Waals surface area contributed by atoms with Gasteiger partial charge >= 0.3 is 0 Å². The fourth-order valence-electron chi connectivity index (χ4n) is 2.47. The minimum atomic E-state index is -0.490. The molecular formula is C16H21ClN2O2. The Balaban J connectivity index is 1.74. The highest BCUT2D eigenvalue weighted by Gasteiger charge is 2.19. The summed E-state index contributed by atoms with van der Waals surface area (Å²) in [5.41, 5.74) is 1.15. The lowest BCUT2D eigenvalue weighted by molar-refractivity contribution is 0.0267. The number of anilines is 1. The lowest BCUT2D eigenvalue weighted by Crippen LogP contribution is -2.49. The summed E-state index contributed by atoms with van der Waals surface area (Å²) in [4.78, 5) is 4.55. The van der Waals surface area contributed by atoms with E-state index in [0.717, 1.165) is 36.9 Å². The molecule has 1 aliphatic heterocycles. The van der Waals surface area contributed by atoms with Crippen LogP contribution in [0.5, 0.6) is 0 Å². The van der Waals surface area contributed by atoms with Crippen LogP contribution in [0.2, 0.25) is 5.02 Å². The highest BCUT2D eigenvalue weighted by Crippen LogP contribution is 2.20. The molecule has 0 aromatic heterocycles. The van der Waals surface area contributed by atoms with Gasteiger partial charge in [0.05, 0.1) is 12.7 Å². The predicted molar refractivity (Wildman–Crippen MR) is 85.8 cm³/mol. The molecule has 0 amide bonds. The van der Waals surface area contributed by atoms with Crippen LogP contribution in [0.4, 0.5) is 5.69 Å². The molecule has 1 atom stereocenters. The summed E-state index contributed by atoms with van der Waals surface area (Å²) in [7, 11) is 0. The van der Waals surface area contributed by atoms with Crippen molar-refractivity contribution in [2.24, 2.45) is 0 Å². The molecule has 5 heteroatoms. The molecule has 2 rings (SSSR count). The Morgan fingerprint density at radius 1 is 1.33 bits per heavy atom. The normalized spacial score (nSPS) is 17.5. The number of hydrogen-bond donors (Lipinski definition) is 1. The molecule has 1 aromatic carbocycles. The molecule has 1 N–H and O–H groups in total. The van der Waals surface area contributed by atoms with E-state index in [9.17, 15) is 5.11 Å². The summed E-state index contributed by atoms with van der Waals surface area (Å²) in [5.74, 6) is 2.39. The number of benzene rings is 1. The maximum Gasteiger partial charge on any atom is 0.107 e. The minimum Gasteiger partial charge on any atom is -0.389 e. The number of β-amino-alcohol motifs (C(OH)–C–C–N with tert-alkyl or cyclic N) is 1. The SMILES string of the molecule is C#CCOC[C@@H](O)CN1CCN(c2cccc(Cl)c2)CC1. The van der Waals surface area contributed by atoms with Crippen LogP contribution in [0.15, 0.2) is 24.3 Å². The van der Waals surface area contributed by atoms with Gasteiger partial charge in [-0.05, 0) is 18.2 Å². The number of piperazine rings is 1. The quantitative estimate of drug-likeness (QED) is 0.638. The average molecular weight is 309 g/mol. The number of rotatable bonds is 6. The number of hydrogen-bond acceptors (Lipinski definition) is 4. The third-order valence-corrected chi connectivity index (χ3v) is 3.75. The summed E-state index contributed by atoms with van der Waals surface area (Å²) in [5, 5.41) is 10.6. The molecule has 114 valence electrons. The second-order valence-electron chi connectivity index (χ2n) is 5.14. The largest absolute Gasteiger partial charge is 0.389 e. The van der Waals surface area contributed by atoms with Gasteiger partial charge in [0.1, 0.15) is 6.61 Å². The fraction of sp³-hybridized carbons (Fsp3) is 0.500. The van der Waals surface area contributed by atoms with Gasteiger partial charge in [-0.3, -0.25) is 4.90 Å². The van der Waals surface area contributed by atoms with Gasteiger partial charge in [-0.25, -0.2) is 0 Å². The first-order valence-electron chi connectivity index (χ1n) is 7.11. The lowest BCUT2D eigenvalue weighted by Gasteiger charge is -2.36. The van der Waals surface area contributed by atoms with Gasteiger partial charge in [0.25, 0.3) is 0 Å². The first-order chi connectivity index (χ1) is 10.2. The van der Waals surface area contributed by atoms with Crippen LogP contribution in [0.1, 0.15) is 0 Å². The molecule has 1 heterocycles. The van der Waals surface area contributed by atoms with E-state index in [-0.39, 0.29) is 6.61 Å². The Labute approximate surface area is 131 Å². The highest BCUT2D eigenvalue weighted by molar-refractivity contribution is 6.30. The van der Waals surface area contributed by atoms with Crippen molar-refractivity contribution in [1.82, 2.24) is 4.90 Å². The fourth-order valence-corrected chi connectivity index (χ4v) is 2.65. The molecule has 1 fully saturated rings. The van der Waals surface area contributed by atoms with E-state index in [1.54, 1.807) is 0 Å². The van der Waals surface area contributed by atoms with Crippen molar-refractivity contribution in [1.29, 1.82) is 0 Å². The zero-order valence-electron chi connectivity index (χ0n) is 12.0. The Morgan fingerprint density at radius 2 is 2.10 bits per heavy atom. The van der Waals surface area contributed by atoms with Gasteiger partial charge in [-0.15, -0.1) is 6.42 Å². The van der Waals surface area contributed by atoms with Crippen LogP contribution in [0.25, 0.3) is 0 Å². The van der Waals surface area contributed by atoms with Gasteiger partial charge in [-0.1, -0.05) is 23.6 Å². The van der Waals surface area contributed by atoms with E-state index in [2.05, 4.69) is 21.8 Å². The van der Waals surface area contributed by atoms with Crippen LogP contribution in [-0.4, -0.2) is 62.0 Å². The number of nitrogens with zero attached hydrogens (tertiary/aromatic N) is 2. The molecule has 0 saturated carbocycles. The van der Waals surface area contributed by atoms with Crippen molar-refractivity contribution >= 4 is 17.3 Å². The smallest absolute Gasteiger partial charge is 0.107 e. The number of aliphatic hydroxyl groups is 1. The molecule has 1 aliphatic rings. The summed E-state index contributed by atoms with van der Waals surface area (Å²) >= 11 is 6.02. The van der Waals surface area contributed by atoms with E-state index in [1.165, 1.54) is 0 Å². The molecule has 0 radical (unpaired) electrons. The third kappa shape index (κ3) is 5.22. The molecule has 1 saturated heterocycles. The lowest BCUT2D eigenvalue weighted by atomic mass is 10.2. The Bertz CT molecular complexity index is 481. The Morgan fingerprint density at radius 3 is 2.76 bits per heavy atom. The molecule has 0 bridgehead atoms. The zero-order chi connectivity index (χ0) is 15.1. The molecule has 0 unspecified atom stereocenters. The summed E-state index contributed by atoms with van der Waals surface area (Å²) in [6, 6.07) is 7.91. The second-order valence-corrected chi connectivity index (χ2v) is 5.58. The maximum absolute atomic E-state index is 9.88. The van der Waals surface area contributed by atoms with E-state index in [0.29, 0.717) is 13.2 Å². The number of terminal acetylenes is 1. The number of halogens is 1. The number of ether oxygens (including phenoxy) is 1. The standard InChI is InChI=1S/C16H21ClN2O2/c1-2-10-21-13-16(20)12-18-6-8-19(9-7-18)15-5-3-4-14(17)11-15/h1,3-5,11,16,20H,6-10,12-13H2/t16-/m0/s1. The van der Waals surface area contributed by atoms with Gasteiger partial charge in [-0.2, -0.15) is 0 Å². The summed E-state index contributed by atoms with van der Waals surface area (Å²) < 4.78 is 5.15. The van der Waals surface area contributed by atoms with Crippen molar-refractivity contribution in [2.75, 3.05) is 50.8 Å². The Kier molecular flexibility index (Phi) is 6.34. The van der Waals surface area contributed by atoms with Crippen molar-refractivity contribution in [3.63, 3.8) is 0 Å². The predicted octanol–water partition coefficient (Wildman–Crippen LogP) is 1.47. The summed E-state index contributed by atoms with van der Waals surface area (Å²) in [6.45, 7) is 4.85. The van der Waals surface area contributed by atoms with Crippen molar-refractivity contribution < 1.29 is 9.84 Å². The van der Waals surface area contributed by atoms with Crippen LogP contribution in [0.3, 0.4) is 0 Å².